The summed E-state index contributed by atoms with van der Waals surface area (Å²) in [4.78, 5) is 11.1. The number of phenolic OH excluding ortho intramolecular Hbond substituents is 2. The molecule has 0 aromatic heterocycles. The third-order valence-electron chi connectivity index (χ3n) is 4.10. The van der Waals surface area contributed by atoms with Gasteiger partial charge in [0, 0.05) is 36.8 Å². The van der Waals surface area contributed by atoms with Crippen molar-refractivity contribution in [1.82, 2.24) is 10.6 Å². The summed E-state index contributed by atoms with van der Waals surface area (Å²) in [5.74, 6) is 0.141. The van der Waals surface area contributed by atoms with Crippen LogP contribution >= 0.6 is 0 Å². The molecule has 2 rings (SSSR count). The Labute approximate surface area is 154 Å². The Bertz CT molecular complexity index is 732. The molecule has 0 saturated carbocycles. The van der Waals surface area contributed by atoms with E-state index in [0.29, 0.717) is 37.1 Å². The molecule has 0 heterocycles. The molecule has 2 aromatic rings. The highest BCUT2D eigenvalue weighted by atomic mass is 16.3. The molecule has 0 saturated heterocycles. The Morgan fingerprint density at radius 3 is 1.77 bits per heavy atom. The molecule has 138 valence electrons. The number of carbonyl (C=O) groups is 1. The maximum absolute atomic E-state index is 11.1. The third kappa shape index (κ3) is 5.02. The van der Waals surface area contributed by atoms with Crippen LogP contribution in [-0.2, 0) is 17.6 Å². The van der Waals surface area contributed by atoms with E-state index in [1.165, 1.54) is 6.92 Å². The maximum atomic E-state index is 11.1. The van der Waals surface area contributed by atoms with E-state index in [1.807, 2.05) is 19.1 Å². The molecule has 0 spiro atoms. The maximum Gasteiger partial charge on any atom is 0.216 e. The van der Waals surface area contributed by atoms with E-state index in [1.54, 1.807) is 24.3 Å². The van der Waals surface area contributed by atoms with Crippen molar-refractivity contribution in [3.05, 3.63) is 59.8 Å². The van der Waals surface area contributed by atoms with Crippen LogP contribution in [0.1, 0.15) is 25.0 Å². The van der Waals surface area contributed by atoms with Gasteiger partial charge in [-0.15, -0.1) is 0 Å². The molecule has 0 bridgehead atoms. The molecule has 0 aliphatic heterocycles. The van der Waals surface area contributed by atoms with Crippen molar-refractivity contribution >= 4 is 5.91 Å². The predicted molar refractivity (Wildman–Crippen MR) is 104 cm³/mol. The quantitative estimate of drug-likeness (QED) is 0.587. The molecule has 0 atom stereocenters. The van der Waals surface area contributed by atoms with Crippen molar-refractivity contribution < 1.29 is 15.0 Å². The fourth-order valence-corrected chi connectivity index (χ4v) is 2.95. The molecule has 0 aliphatic rings. The van der Waals surface area contributed by atoms with E-state index < -0.39 is 0 Å². The van der Waals surface area contributed by atoms with E-state index in [9.17, 15) is 15.0 Å². The van der Waals surface area contributed by atoms with Crippen molar-refractivity contribution in [3.63, 3.8) is 0 Å². The van der Waals surface area contributed by atoms with Gasteiger partial charge in [-0.2, -0.15) is 0 Å². The Morgan fingerprint density at radius 1 is 0.885 bits per heavy atom. The molecule has 5 heteroatoms. The first-order valence-corrected chi connectivity index (χ1v) is 8.66. The topological polar surface area (TPSA) is 81.6 Å². The largest absolute Gasteiger partial charge is 0.507 e. The molecular formula is C21H26N2O3. The lowest BCUT2D eigenvalue weighted by atomic mass is 9.91. The number of phenols is 2. The van der Waals surface area contributed by atoms with Crippen molar-refractivity contribution in [2.45, 2.75) is 26.7 Å². The Balaban J connectivity index is 2.40. The summed E-state index contributed by atoms with van der Waals surface area (Å²) in [7, 11) is 0. The molecule has 0 unspecified atom stereocenters. The van der Waals surface area contributed by atoms with Crippen molar-refractivity contribution in [2.75, 3.05) is 13.1 Å². The molecule has 2 aromatic carbocycles. The minimum Gasteiger partial charge on any atom is -0.507 e. The molecule has 26 heavy (non-hydrogen) atoms. The summed E-state index contributed by atoms with van der Waals surface area (Å²) in [5.41, 5.74) is 3.92. The third-order valence-corrected chi connectivity index (χ3v) is 4.10. The molecule has 5 nitrogen and oxygen atoms in total. The van der Waals surface area contributed by atoms with Crippen LogP contribution in [0.3, 0.4) is 0 Å². The van der Waals surface area contributed by atoms with Crippen LogP contribution in [0.5, 0.6) is 11.5 Å². The number of rotatable bonds is 8. The van der Waals surface area contributed by atoms with Crippen molar-refractivity contribution in [3.8, 4) is 22.6 Å². The van der Waals surface area contributed by atoms with Gasteiger partial charge in [0.05, 0.1) is 0 Å². The number of hydrogen-bond donors (Lipinski definition) is 4. The Hall–Kier alpha value is -2.95. The molecule has 4 N–H and O–H groups in total. The second kappa shape index (κ2) is 8.94. The van der Waals surface area contributed by atoms with Gasteiger partial charge in [0.15, 0.2) is 0 Å². The van der Waals surface area contributed by atoms with Gasteiger partial charge in [0.1, 0.15) is 11.5 Å². The zero-order chi connectivity index (χ0) is 19.1. The van der Waals surface area contributed by atoms with E-state index in [4.69, 9.17) is 0 Å². The fraction of sp³-hybridized carbons (Fsp3) is 0.286. The zero-order valence-corrected chi connectivity index (χ0v) is 15.3. The first kappa shape index (κ1) is 19.4. The number of carbonyl (C=O) groups excluding carboxylic acids is 1. The second-order valence-electron chi connectivity index (χ2n) is 6.31. The van der Waals surface area contributed by atoms with Crippen LogP contribution in [0.25, 0.3) is 11.1 Å². The summed E-state index contributed by atoms with van der Waals surface area (Å²) in [5, 5.41) is 26.9. The van der Waals surface area contributed by atoms with Gasteiger partial charge in [-0.3, -0.25) is 4.79 Å². The summed E-state index contributed by atoms with van der Waals surface area (Å²) >= 11 is 0. The standard InChI is InChI=1S/C21H26N2O3/c1-14(2)22-12-10-16-6-4-8-18(25)20(16)21-17(7-5-9-19(21)26)11-13-23-15(3)24/h4-9,22,25-26H,1,10-13H2,2-3H3,(H,23,24). The number of nitrogens with one attached hydrogen (secondary N) is 2. The van der Waals surface area contributed by atoms with Crippen molar-refractivity contribution in [2.24, 2.45) is 0 Å². The highest BCUT2D eigenvalue weighted by Crippen LogP contribution is 2.40. The molecule has 0 aliphatic carbocycles. The van der Waals surface area contributed by atoms with Crippen LogP contribution in [0, 0.1) is 0 Å². The van der Waals surface area contributed by atoms with E-state index >= 15 is 0 Å². The summed E-state index contributed by atoms with van der Waals surface area (Å²) in [6, 6.07) is 10.6. The van der Waals surface area contributed by atoms with E-state index in [-0.39, 0.29) is 17.4 Å². The monoisotopic (exact) mass is 354 g/mol. The number of allylic oxidation sites excluding steroid dienone is 1. The lowest BCUT2D eigenvalue weighted by molar-refractivity contribution is -0.118. The highest BCUT2D eigenvalue weighted by Gasteiger charge is 2.17. The zero-order valence-electron chi connectivity index (χ0n) is 15.3. The van der Waals surface area contributed by atoms with Crippen LogP contribution in [-0.4, -0.2) is 29.2 Å². The average molecular weight is 354 g/mol. The smallest absolute Gasteiger partial charge is 0.216 e. The van der Waals surface area contributed by atoms with Gasteiger partial charge >= 0.3 is 0 Å². The molecule has 0 radical (unpaired) electrons. The molecule has 1 amide bonds. The van der Waals surface area contributed by atoms with Gasteiger partial charge < -0.3 is 20.8 Å². The van der Waals surface area contributed by atoms with Gasteiger partial charge in [0.2, 0.25) is 5.91 Å². The van der Waals surface area contributed by atoms with Crippen LogP contribution < -0.4 is 10.6 Å². The average Bonchev–Trinajstić information content (AvgIpc) is 2.56. The number of hydrogen-bond acceptors (Lipinski definition) is 4. The SMILES string of the molecule is C=C(C)NCCc1cccc(O)c1-c1c(O)cccc1CCNC(C)=O. The first-order valence-electron chi connectivity index (χ1n) is 8.66. The van der Waals surface area contributed by atoms with Gasteiger partial charge in [-0.25, -0.2) is 0 Å². The van der Waals surface area contributed by atoms with Gasteiger partial charge in [-0.05, 0) is 43.0 Å². The lowest BCUT2D eigenvalue weighted by Gasteiger charge is -2.17. The minimum atomic E-state index is -0.0965. The van der Waals surface area contributed by atoms with E-state index in [2.05, 4.69) is 17.2 Å². The minimum absolute atomic E-state index is 0.0965. The summed E-state index contributed by atoms with van der Waals surface area (Å²) in [6.07, 6.45) is 1.23. The molecular weight excluding hydrogens is 328 g/mol. The van der Waals surface area contributed by atoms with Crippen LogP contribution in [0.15, 0.2) is 48.7 Å². The second-order valence-corrected chi connectivity index (χ2v) is 6.31. The van der Waals surface area contributed by atoms with Crippen molar-refractivity contribution in [1.29, 1.82) is 0 Å². The van der Waals surface area contributed by atoms with Crippen LogP contribution in [0.4, 0.5) is 0 Å². The van der Waals surface area contributed by atoms with Gasteiger partial charge in [0.25, 0.3) is 0 Å². The highest BCUT2D eigenvalue weighted by molar-refractivity contribution is 5.81. The number of amides is 1. The number of aromatic hydroxyl groups is 2. The first-order chi connectivity index (χ1) is 12.4. The summed E-state index contributed by atoms with van der Waals surface area (Å²) in [6.45, 7) is 8.34. The summed E-state index contributed by atoms with van der Waals surface area (Å²) < 4.78 is 0. The lowest BCUT2D eigenvalue weighted by Crippen LogP contribution is -2.22. The Kier molecular flexibility index (Phi) is 6.67. The normalized spacial score (nSPS) is 10.4. The predicted octanol–water partition coefficient (Wildman–Crippen LogP) is 3.11. The van der Waals surface area contributed by atoms with Gasteiger partial charge in [-0.1, -0.05) is 30.8 Å². The number of benzene rings is 2. The van der Waals surface area contributed by atoms with Crippen LogP contribution in [0.2, 0.25) is 0 Å². The molecule has 0 fully saturated rings. The van der Waals surface area contributed by atoms with E-state index in [0.717, 1.165) is 16.8 Å². The Morgan fingerprint density at radius 2 is 1.35 bits per heavy atom. The fourth-order valence-electron chi connectivity index (χ4n) is 2.95.